The van der Waals surface area contributed by atoms with Crippen molar-refractivity contribution in [2.75, 3.05) is 11.4 Å². The fraction of sp³-hybridized carbons (Fsp3) is 0.0833. The summed E-state index contributed by atoms with van der Waals surface area (Å²) in [5.74, 6) is -1.83. The van der Waals surface area contributed by atoms with Crippen molar-refractivity contribution in [3.63, 3.8) is 0 Å². The number of carbonyl (C=O) groups is 2. The summed E-state index contributed by atoms with van der Waals surface area (Å²) < 4.78 is 4.72. The van der Waals surface area contributed by atoms with Gasteiger partial charge in [0.1, 0.15) is 12.3 Å². The van der Waals surface area contributed by atoms with E-state index in [0.717, 1.165) is 4.90 Å². The summed E-state index contributed by atoms with van der Waals surface area (Å²) in [7, 11) is 0. The van der Waals surface area contributed by atoms with Crippen molar-refractivity contribution in [2.24, 2.45) is 0 Å². The van der Waals surface area contributed by atoms with E-state index in [1.165, 1.54) is 36.5 Å². The Hall–Kier alpha value is -2.83. The summed E-state index contributed by atoms with van der Waals surface area (Å²) in [6, 6.07) is 6.94. The number of carboxylic acids is 1. The molecule has 1 heterocycles. The molecule has 0 fully saturated rings. The van der Waals surface area contributed by atoms with E-state index in [0.29, 0.717) is 5.69 Å². The number of anilines is 1. The number of carbonyl (C=O) groups excluding carboxylic acids is 1. The van der Waals surface area contributed by atoms with Crippen LogP contribution in [0.4, 0.5) is 5.69 Å². The maximum absolute atomic E-state index is 12.1. The number of hydrogen-bond acceptors (Lipinski definition) is 5. The Bertz CT molecular complexity index is 577. The zero-order valence-corrected chi connectivity index (χ0v) is 9.68. The van der Waals surface area contributed by atoms with Crippen LogP contribution in [0.5, 0.6) is 5.75 Å². The molecule has 1 aromatic heterocycles. The van der Waals surface area contributed by atoms with Gasteiger partial charge < -0.3 is 14.7 Å². The van der Waals surface area contributed by atoms with Gasteiger partial charge in [0, 0.05) is 11.8 Å². The zero-order chi connectivity index (χ0) is 13.8. The number of phenols is 1. The van der Waals surface area contributed by atoms with Crippen molar-refractivity contribution in [1.29, 1.82) is 0 Å². The van der Waals surface area contributed by atoms with Crippen LogP contribution in [-0.2, 0) is 4.79 Å². The van der Waals surface area contributed by atoms with Gasteiger partial charge in [-0.1, -0.05) is 5.16 Å². The first kappa shape index (κ1) is 12.6. The van der Waals surface area contributed by atoms with Crippen LogP contribution in [0.25, 0.3) is 0 Å². The summed E-state index contributed by atoms with van der Waals surface area (Å²) in [4.78, 5) is 23.9. The van der Waals surface area contributed by atoms with Gasteiger partial charge in [-0.05, 0) is 24.3 Å². The van der Waals surface area contributed by atoms with Gasteiger partial charge in [0.15, 0.2) is 0 Å². The standard InChI is InChI=1S/C12H10N2O5/c15-9-3-1-8(2-4-9)14(7-11(16)17)12(18)10-5-6-13-19-10/h1-6,15H,7H2,(H,16,17). The zero-order valence-electron chi connectivity index (χ0n) is 9.68. The first-order valence-corrected chi connectivity index (χ1v) is 5.31. The summed E-state index contributed by atoms with van der Waals surface area (Å²) in [5, 5.41) is 21.5. The largest absolute Gasteiger partial charge is 0.508 e. The van der Waals surface area contributed by atoms with E-state index in [1.807, 2.05) is 0 Å². The maximum Gasteiger partial charge on any atom is 0.323 e. The van der Waals surface area contributed by atoms with Gasteiger partial charge in [0.25, 0.3) is 5.91 Å². The van der Waals surface area contributed by atoms with Crippen LogP contribution >= 0.6 is 0 Å². The smallest absolute Gasteiger partial charge is 0.323 e. The number of nitrogens with zero attached hydrogens (tertiary/aromatic N) is 2. The highest BCUT2D eigenvalue weighted by Gasteiger charge is 2.23. The number of aliphatic carboxylic acids is 1. The van der Waals surface area contributed by atoms with Crippen LogP contribution in [0.1, 0.15) is 10.6 Å². The van der Waals surface area contributed by atoms with Gasteiger partial charge in [-0.3, -0.25) is 14.5 Å². The third kappa shape index (κ3) is 2.89. The highest BCUT2D eigenvalue weighted by Crippen LogP contribution is 2.20. The average Bonchev–Trinajstić information content (AvgIpc) is 2.90. The Morgan fingerprint density at radius 1 is 1.21 bits per heavy atom. The number of aromatic hydroxyl groups is 1. The second-order valence-corrected chi connectivity index (χ2v) is 3.68. The summed E-state index contributed by atoms with van der Waals surface area (Å²) in [5.41, 5.74) is 0.335. The van der Waals surface area contributed by atoms with Gasteiger partial charge in [-0.15, -0.1) is 0 Å². The molecule has 0 aliphatic rings. The second kappa shape index (κ2) is 5.21. The quantitative estimate of drug-likeness (QED) is 0.855. The molecule has 0 saturated heterocycles. The molecule has 0 saturated carbocycles. The molecule has 19 heavy (non-hydrogen) atoms. The van der Waals surface area contributed by atoms with Crippen molar-refractivity contribution in [3.05, 3.63) is 42.3 Å². The van der Waals surface area contributed by atoms with Gasteiger partial charge in [-0.2, -0.15) is 0 Å². The van der Waals surface area contributed by atoms with Crippen LogP contribution in [-0.4, -0.2) is 33.8 Å². The van der Waals surface area contributed by atoms with Gasteiger partial charge >= 0.3 is 5.97 Å². The third-order valence-corrected chi connectivity index (χ3v) is 2.35. The molecule has 7 nitrogen and oxygen atoms in total. The van der Waals surface area contributed by atoms with E-state index < -0.39 is 18.4 Å². The van der Waals surface area contributed by atoms with E-state index >= 15 is 0 Å². The van der Waals surface area contributed by atoms with Crippen LogP contribution in [0.15, 0.2) is 41.1 Å². The molecule has 98 valence electrons. The minimum Gasteiger partial charge on any atom is -0.508 e. The van der Waals surface area contributed by atoms with Crippen LogP contribution in [0.3, 0.4) is 0 Å². The van der Waals surface area contributed by atoms with Gasteiger partial charge in [-0.25, -0.2) is 0 Å². The summed E-state index contributed by atoms with van der Waals surface area (Å²) in [6.45, 7) is -0.524. The molecule has 7 heteroatoms. The molecule has 0 radical (unpaired) electrons. The van der Waals surface area contributed by atoms with Crippen molar-refractivity contribution in [2.45, 2.75) is 0 Å². The molecule has 0 aliphatic heterocycles. The summed E-state index contributed by atoms with van der Waals surface area (Å²) in [6.07, 6.45) is 1.29. The molecule has 0 aliphatic carbocycles. The van der Waals surface area contributed by atoms with Gasteiger partial charge in [0.05, 0.1) is 6.20 Å². The molecule has 1 amide bonds. The number of benzene rings is 1. The third-order valence-electron chi connectivity index (χ3n) is 2.35. The van der Waals surface area contributed by atoms with Crippen molar-refractivity contribution < 1.29 is 24.3 Å². The molecule has 1 aromatic carbocycles. The molecule has 0 unspecified atom stereocenters. The number of hydrogen-bond donors (Lipinski definition) is 2. The SMILES string of the molecule is O=C(O)CN(C(=O)c1ccno1)c1ccc(O)cc1. The summed E-state index contributed by atoms with van der Waals surface area (Å²) >= 11 is 0. The Kier molecular flexibility index (Phi) is 3.46. The lowest BCUT2D eigenvalue weighted by Gasteiger charge is -2.19. The lowest BCUT2D eigenvalue weighted by atomic mass is 10.2. The predicted molar refractivity (Wildman–Crippen MR) is 63.9 cm³/mol. The molecule has 0 spiro atoms. The van der Waals surface area contributed by atoms with Crippen molar-refractivity contribution in [3.8, 4) is 5.75 Å². The Morgan fingerprint density at radius 3 is 2.42 bits per heavy atom. The number of amides is 1. The first-order valence-electron chi connectivity index (χ1n) is 5.31. The molecule has 2 rings (SSSR count). The van der Waals surface area contributed by atoms with Crippen LogP contribution in [0, 0.1) is 0 Å². The lowest BCUT2D eigenvalue weighted by Crippen LogP contribution is -2.35. The number of carboxylic acid groups (broad SMARTS) is 1. The van der Waals surface area contributed by atoms with Crippen LogP contribution < -0.4 is 4.90 Å². The highest BCUT2D eigenvalue weighted by molar-refractivity contribution is 6.06. The number of aromatic nitrogens is 1. The number of phenolic OH excluding ortho intramolecular Hbond substituents is 1. The monoisotopic (exact) mass is 262 g/mol. The molecule has 2 aromatic rings. The topological polar surface area (TPSA) is 104 Å². The van der Waals surface area contributed by atoms with E-state index in [2.05, 4.69) is 5.16 Å². The van der Waals surface area contributed by atoms with Crippen LogP contribution in [0.2, 0.25) is 0 Å². The predicted octanol–water partition coefficient (Wildman–Crippen LogP) is 1.11. The fourth-order valence-corrected chi connectivity index (χ4v) is 1.51. The highest BCUT2D eigenvalue weighted by atomic mass is 16.5. The molecular weight excluding hydrogens is 252 g/mol. The minimum atomic E-state index is -1.17. The van der Waals surface area contributed by atoms with Crippen molar-refractivity contribution >= 4 is 17.6 Å². The minimum absolute atomic E-state index is 0.0196. The Labute approximate surface area is 107 Å². The van der Waals surface area contributed by atoms with E-state index in [-0.39, 0.29) is 11.5 Å². The fourth-order valence-electron chi connectivity index (χ4n) is 1.51. The molecular formula is C12H10N2O5. The average molecular weight is 262 g/mol. The molecule has 0 bridgehead atoms. The number of rotatable bonds is 4. The molecule has 0 atom stereocenters. The van der Waals surface area contributed by atoms with Crippen molar-refractivity contribution in [1.82, 2.24) is 5.16 Å². The van der Waals surface area contributed by atoms with E-state index in [1.54, 1.807) is 0 Å². The first-order chi connectivity index (χ1) is 9.08. The Morgan fingerprint density at radius 2 is 1.89 bits per heavy atom. The maximum atomic E-state index is 12.1. The van der Waals surface area contributed by atoms with E-state index in [9.17, 15) is 14.7 Å². The van der Waals surface area contributed by atoms with E-state index in [4.69, 9.17) is 9.63 Å². The second-order valence-electron chi connectivity index (χ2n) is 3.68. The Balaban J connectivity index is 2.33. The molecule has 2 N–H and O–H groups in total. The lowest BCUT2D eigenvalue weighted by molar-refractivity contribution is -0.135. The van der Waals surface area contributed by atoms with Gasteiger partial charge in [0.2, 0.25) is 5.76 Å². The normalized spacial score (nSPS) is 10.1.